The third-order valence-electron chi connectivity index (χ3n) is 1.12. The lowest BCUT2D eigenvalue weighted by atomic mass is 10.2. The number of likely N-dealkylation sites (tertiary alicyclic amines) is 1. The molecule has 1 radical (unpaired) electrons. The fourth-order valence-electron chi connectivity index (χ4n) is 0.648. The van der Waals surface area contributed by atoms with Crippen molar-refractivity contribution >= 4 is 0 Å². The van der Waals surface area contributed by atoms with Gasteiger partial charge in [0.1, 0.15) is 6.73 Å². The van der Waals surface area contributed by atoms with Crippen LogP contribution < -0.4 is 0 Å². The molecule has 1 saturated heterocycles. The molecule has 1 aliphatic rings. The quantitative estimate of drug-likeness (QED) is 0.464. The normalized spacial score (nSPS) is 24.9. The fraction of sp³-hybridized carbons (Fsp3) is 1.00. The van der Waals surface area contributed by atoms with Gasteiger partial charge in [0.2, 0.25) is 0 Å². The maximum Gasteiger partial charge on any atom is 0.135 e. The first-order valence-electron chi connectivity index (χ1n) is 2.31. The Morgan fingerprint density at radius 3 is 2.43 bits per heavy atom. The molecule has 1 aliphatic heterocycles. The average Bonchev–Trinajstić information content (AvgIpc) is 1.58. The van der Waals surface area contributed by atoms with Crippen molar-refractivity contribution in [2.24, 2.45) is 0 Å². The molecule has 1 fully saturated rings. The van der Waals surface area contributed by atoms with Gasteiger partial charge in [-0.05, 0) is 0 Å². The Morgan fingerprint density at radius 2 is 2.29 bits per heavy atom. The molecule has 3 heteroatoms. The van der Waals surface area contributed by atoms with Gasteiger partial charge in [0.05, 0.1) is 6.10 Å². The summed E-state index contributed by atoms with van der Waals surface area (Å²) < 4.78 is 0. The number of rotatable bonds is 1. The van der Waals surface area contributed by atoms with E-state index < -0.39 is 0 Å². The van der Waals surface area contributed by atoms with Crippen molar-refractivity contribution in [3.63, 3.8) is 0 Å². The molecule has 3 nitrogen and oxygen atoms in total. The Bertz CT molecular complexity index is 60.7. The molecule has 0 saturated carbocycles. The number of aliphatic hydroxyl groups is 1. The van der Waals surface area contributed by atoms with E-state index in [1.807, 2.05) is 0 Å². The van der Waals surface area contributed by atoms with Crippen molar-refractivity contribution in [1.82, 2.24) is 4.90 Å². The highest BCUT2D eigenvalue weighted by Gasteiger charge is 2.22. The minimum absolute atomic E-state index is 0.170. The summed E-state index contributed by atoms with van der Waals surface area (Å²) in [5, 5.41) is 18.4. The molecule has 0 amide bonds. The minimum Gasteiger partial charge on any atom is -0.390 e. The Labute approximate surface area is 42.2 Å². The van der Waals surface area contributed by atoms with E-state index in [-0.39, 0.29) is 12.8 Å². The lowest BCUT2D eigenvalue weighted by Gasteiger charge is -2.32. The van der Waals surface area contributed by atoms with Gasteiger partial charge in [0.25, 0.3) is 0 Å². The Kier molecular flexibility index (Phi) is 1.27. The van der Waals surface area contributed by atoms with Gasteiger partial charge >= 0.3 is 0 Å². The molecule has 1 rings (SSSR count). The Hall–Kier alpha value is -0.120. The van der Waals surface area contributed by atoms with E-state index in [1.165, 1.54) is 0 Å². The van der Waals surface area contributed by atoms with Gasteiger partial charge in [-0.3, -0.25) is 4.90 Å². The molecule has 0 unspecified atom stereocenters. The van der Waals surface area contributed by atoms with Crippen LogP contribution in [0.4, 0.5) is 0 Å². The number of aliphatic hydroxyl groups excluding tert-OH is 1. The van der Waals surface area contributed by atoms with Crippen LogP contribution in [-0.4, -0.2) is 35.9 Å². The second-order valence-electron chi connectivity index (χ2n) is 1.82. The summed E-state index contributed by atoms with van der Waals surface area (Å²) in [6, 6.07) is 0. The van der Waals surface area contributed by atoms with Gasteiger partial charge < -0.3 is 5.11 Å². The molecule has 0 aromatic heterocycles. The van der Waals surface area contributed by atoms with E-state index in [2.05, 4.69) is 0 Å². The maximum absolute atomic E-state index is 9.87. The zero-order chi connectivity index (χ0) is 5.28. The Morgan fingerprint density at radius 1 is 1.71 bits per heavy atom. The van der Waals surface area contributed by atoms with Crippen LogP contribution in [0.15, 0.2) is 0 Å². The second kappa shape index (κ2) is 1.78. The molecule has 0 spiro atoms. The van der Waals surface area contributed by atoms with Gasteiger partial charge in [-0.1, -0.05) is 0 Å². The molecule has 1 heterocycles. The van der Waals surface area contributed by atoms with Crippen LogP contribution in [0.1, 0.15) is 0 Å². The Balaban J connectivity index is 2.06. The highest BCUT2D eigenvalue weighted by molar-refractivity contribution is 4.75. The monoisotopic (exact) mass is 102 g/mol. The van der Waals surface area contributed by atoms with Crippen LogP contribution in [0.5, 0.6) is 0 Å². The van der Waals surface area contributed by atoms with Crippen molar-refractivity contribution in [1.29, 1.82) is 0 Å². The van der Waals surface area contributed by atoms with Crippen molar-refractivity contribution < 1.29 is 10.2 Å². The highest BCUT2D eigenvalue weighted by Crippen LogP contribution is 2.03. The number of nitrogens with zero attached hydrogens (tertiary/aromatic N) is 1. The van der Waals surface area contributed by atoms with Crippen molar-refractivity contribution in [2.75, 3.05) is 19.8 Å². The predicted molar refractivity (Wildman–Crippen MR) is 23.1 cm³/mol. The zero-order valence-corrected chi connectivity index (χ0v) is 4.00. The van der Waals surface area contributed by atoms with Crippen LogP contribution in [0.3, 0.4) is 0 Å². The maximum atomic E-state index is 9.87. The van der Waals surface area contributed by atoms with E-state index in [9.17, 15) is 5.11 Å². The van der Waals surface area contributed by atoms with Gasteiger partial charge in [0.15, 0.2) is 0 Å². The number of hydrogen-bond donors (Lipinski definition) is 1. The van der Waals surface area contributed by atoms with Gasteiger partial charge in [-0.15, -0.1) is 0 Å². The largest absolute Gasteiger partial charge is 0.390 e. The standard InChI is InChI=1S/C4H8NO2/c6-3-5-1-4(7)2-5/h4,7H,1-3H2. The first kappa shape index (κ1) is 5.03. The smallest absolute Gasteiger partial charge is 0.135 e. The molecule has 0 atom stereocenters. The zero-order valence-electron chi connectivity index (χ0n) is 4.00. The summed E-state index contributed by atoms with van der Waals surface area (Å²) >= 11 is 0. The SMILES string of the molecule is [O]CN1CC(O)C1. The van der Waals surface area contributed by atoms with Crippen LogP contribution >= 0.6 is 0 Å². The molecule has 0 bridgehead atoms. The lowest BCUT2D eigenvalue weighted by molar-refractivity contribution is -0.0646. The number of hydrogen-bond acceptors (Lipinski definition) is 2. The van der Waals surface area contributed by atoms with Gasteiger partial charge in [-0.2, -0.15) is 0 Å². The summed E-state index contributed by atoms with van der Waals surface area (Å²) in [6.07, 6.45) is -0.228. The molecule has 0 aromatic rings. The summed E-state index contributed by atoms with van der Waals surface area (Å²) in [4.78, 5) is 1.64. The van der Waals surface area contributed by atoms with E-state index in [0.29, 0.717) is 13.1 Å². The van der Waals surface area contributed by atoms with Crippen LogP contribution in [0.25, 0.3) is 0 Å². The van der Waals surface area contributed by atoms with E-state index in [4.69, 9.17) is 5.11 Å². The molecular weight excluding hydrogens is 94.0 g/mol. The summed E-state index contributed by atoms with van der Waals surface area (Å²) in [6.45, 7) is 0.976. The van der Waals surface area contributed by atoms with Gasteiger partial charge in [-0.25, -0.2) is 5.11 Å². The summed E-state index contributed by atoms with van der Waals surface area (Å²) in [7, 11) is 0. The van der Waals surface area contributed by atoms with Crippen LogP contribution in [0, 0.1) is 0 Å². The third-order valence-corrected chi connectivity index (χ3v) is 1.12. The molecule has 41 valence electrons. The minimum atomic E-state index is -0.228. The topological polar surface area (TPSA) is 43.4 Å². The summed E-state index contributed by atoms with van der Waals surface area (Å²) in [5.41, 5.74) is 0. The lowest BCUT2D eigenvalue weighted by Crippen LogP contribution is -2.50. The number of β-amino-alcohol motifs (C(OH)–C–C–N with tert-alkyl or cyclic N) is 1. The fourth-order valence-corrected chi connectivity index (χ4v) is 0.648. The van der Waals surface area contributed by atoms with Crippen LogP contribution in [-0.2, 0) is 5.11 Å². The van der Waals surface area contributed by atoms with Crippen molar-refractivity contribution in [3.8, 4) is 0 Å². The molecule has 0 aliphatic carbocycles. The van der Waals surface area contributed by atoms with E-state index in [0.717, 1.165) is 0 Å². The molecule has 1 N–H and O–H groups in total. The van der Waals surface area contributed by atoms with E-state index in [1.54, 1.807) is 4.90 Å². The van der Waals surface area contributed by atoms with Gasteiger partial charge in [0, 0.05) is 13.1 Å². The third kappa shape index (κ3) is 0.907. The van der Waals surface area contributed by atoms with E-state index >= 15 is 0 Å². The summed E-state index contributed by atoms with van der Waals surface area (Å²) in [5.74, 6) is 0. The predicted octanol–water partition coefficient (Wildman–Crippen LogP) is -0.949. The molecule has 0 aromatic carbocycles. The average molecular weight is 102 g/mol. The van der Waals surface area contributed by atoms with Crippen molar-refractivity contribution in [2.45, 2.75) is 6.10 Å². The first-order chi connectivity index (χ1) is 3.33. The highest BCUT2D eigenvalue weighted by atomic mass is 16.3. The molecular formula is C4H8NO2. The first-order valence-corrected chi connectivity index (χ1v) is 2.31. The second-order valence-corrected chi connectivity index (χ2v) is 1.82. The van der Waals surface area contributed by atoms with Crippen LogP contribution in [0.2, 0.25) is 0 Å². The van der Waals surface area contributed by atoms with Crippen molar-refractivity contribution in [3.05, 3.63) is 0 Å². The molecule has 7 heavy (non-hydrogen) atoms.